The summed E-state index contributed by atoms with van der Waals surface area (Å²) in [6.07, 6.45) is 5.65. The van der Waals surface area contributed by atoms with Crippen molar-refractivity contribution in [1.29, 1.82) is 0 Å². The minimum absolute atomic E-state index is 0.148. The molecule has 21 heavy (non-hydrogen) atoms. The maximum absolute atomic E-state index is 11.0. The molecule has 0 unspecified atom stereocenters. The zero-order valence-electron chi connectivity index (χ0n) is 12.4. The van der Waals surface area contributed by atoms with E-state index in [1.807, 2.05) is 12.1 Å². The van der Waals surface area contributed by atoms with Gasteiger partial charge in [-0.25, -0.2) is 0 Å². The Morgan fingerprint density at radius 1 is 1.24 bits per heavy atom. The molecule has 1 aromatic rings. The van der Waals surface area contributed by atoms with E-state index >= 15 is 0 Å². The molecule has 0 N–H and O–H groups in total. The third-order valence-electron chi connectivity index (χ3n) is 3.67. The number of ether oxygens (including phenoxy) is 2. The van der Waals surface area contributed by atoms with Crippen LogP contribution in [0.15, 0.2) is 34.3 Å². The molecular formula is C17H21BrO3. The molecule has 1 aromatic carbocycles. The van der Waals surface area contributed by atoms with E-state index < -0.39 is 0 Å². The predicted octanol–water partition coefficient (Wildman–Crippen LogP) is 4.39. The lowest BCUT2D eigenvalue weighted by atomic mass is 10.1. The van der Waals surface area contributed by atoms with Gasteiger partial charge in [-0.2, -0.15) is 0 Å². The molecule has 114 valence electrons. The Morgan fingerprint density at radius 2 is 2.00 bits per heavy atom. The van der Waals surface area contributed by atoms with Crippen LogP contribution in [0, 0.1) is 0 Å². The standard InChI is InChI=1S/C17H21BrO3/c1-20-17(19)7-2-4-13-8-10-15(11-9-13)21-12-14-5-3-6-16(14)18/h8-11H,2-7,12H2,1H3. The second-order valence-electron chi connectivity index (χ2n) is 5.22. The molecule has 0 aromatic heterocycles. The Balaban J connectivity index is 1.76. The number of carbonyl (C=O) groups excluding carboxylic acids is 1. The van der Waals surface area contributed by atoms with Crippen molar-refractivity contribution in [2.24, 2.45) is 0 Å². The highest BCUT2D eigenvalue weighted by Gasteiger charge is 2.12. The van der Waals surface area contributed by atoms with Gasteiger partial charge >= 0.3 is 5.97 Å². The van der Waals surface area contributed by atoms with Gasteiger partial charge in [0, 0.05) is 6.42 Å². The highest BCUT2D eigenvalue weighted by Crippen LogP contribution is 2.30. The van der Waals surface area contributed by atoms with Crippen molar-refractivity contribution in [1.82, 2.24) is 0 Å². The van der Waals surface area contributed by atoms with Gasteiger partial charge in [-0.1, -0.05) is 28.1 Å². The first-order chi connectivity index (χ1) is 10.2. The fraction of sp³-hybridized carbons (Fsp3) is 0.471. The molecule has 0 radical (unpaired) electrons. The number of hydrogen-bond acceptors (Lipinski definition) is 3. The maximum atomic E-state index is 11.0. The van der Waals surface area contributed by atoms with Gasteiger partial charge in [0.2, 0.25) is 0 Å². The molecule has 3 nitrogen and oxygen atoms in total. The van der Waals surface area contributed by atoms with Gasteiger partial charge < -0.3 is 9.47 Å². The molecular weight excluding hydrogens is 332 g/mol. The SMILES string of the molecule is COC(=O)CCCc1ccc(OCC2=C(Br)CCC2)cc1. The summed E-state index contributed by atoms with van der Waals surface area (Å²) in [5.41, 5.74) is 2.59. The Labute approximate surface area is 134 Å². The first kappa shape index (κ1) is 16.1. The quantitative estimate of drug-likeness (QED) is 0.682. The largest absolute Gasteiger partial charge is 0.489 e. The van der Waals surface area contributed by atoms with Crippen LogP contribution in [-0.2, 0) is 16.0 Å². The highest BCUT2D eigenvalue weighted by molar-refractivity contribution is 9.11. The first-order valence-corrected chi connectivity index (χ1v) is 8.13. The van der Waals surface area contributed by atoms with Gasteiger partial charge in [-0.05, 0) is 59.9 Å². The summed E-state index contributed by atoms with van der Waals surface area (Å²) in [6, 6.07) is 8.11. The van der Waals surface area contributed by atoms with E-state index in [9.17, 15) is 4.79 Å². The third-order valence-corrected chi connectivity index (χ3v) is 4.63. The summed E-state index contributed by atoms with van der Waals surface area (Å²) in [6.45, 7) is 0.669. The van der Waals surface area contributed by atoms with Crippen molar-refractivity contribution in [3.05, 3.63) is 39.9 Å². The fourth-order valence-electron chi connectivity index (χ4n) is 2.38. The highest BCUT2D eigenvalue weighted by atomic mass is 79.9. The zero-order chi connectivity index (χ0) is 15.1. The molecule has 1 aliphatic rings. The molecule has 0 heterocycles. The second kappa shape index (κ2) is 8.23. The number of halogens is 1. The summed E-state index contributed by atoms with van der Waals surface area (Å²) in [4.78, 5) is 11.0. The van der Waals surface area contributed by atoms with E-state index in [-0.39, 0.29) is 5.97 Å². The number of esters is 1. The average molecular weight is 353 g/mol. The topological polar surface area (TPSA) is 35.5 Å². The van der Waals surface area contributed by atoms with Crippen molar-refractivity contribution in [3.63, 3.8) is 0 Å². The average Bonchev–Trinajstić information content (AvgIpc) is 2.91. The van der Waals surface area contributed by atoms with Crippen molar-refractivity contribution in [2.45, 2.75) is 38.5 Å². The molecule has 0 spiro atoms. The number of rotatable bonds is 7. The summed E-state index contributed by atoms with van der Waals surface area (Å²) < 4.78 is 11.8. The van der Waals surface area contributed by atoms with Crippen LogP contribution in [-0.4, -0.2) is 19.7 Å². The predicted molar refractivity (Wildman–Crippen MR) is 86.7 cm³/mol. The molecule has 4 heteroatoms. The van der Waals surface area contributed by atoms with Crippen molar-refractivity contribution in [3.8, 4) is 5.75 Å². The molecule has 1 aliphatic carbocycles. The van der Waals surface area contributed by atoms with Crippen LogP contribution < -0.4 is 4.74 Å². The van der Waals surface area contributed by atoms with Gasteiger partial charge in [-0.3, -0.25) is 4.79 Å². The Kier molecular flexibility index (Phi) is 6.30. The van der Waals surface area contributed by atoms with Gasteiger partial charge in [-0.15, -0.1) is 0 Å². The lowest BCUT2D eigenvalue weighted by molar-refractivity contribution is -0.140. The summed E-state index contributed by atoms with van der Waals surface area (Å²) in [5.74, 6) is 0.747. The molecule has 0 aliphatic heterocycles. The molecule has 0 bridgehead atoms. The molecule has 0 saturated carbocycles. The number of carbonyl (C=O) groups is 1. The van der Waals surface area contributed by atoms with Crippen LogP contribution in [0.4, 0.5) is 0 Å². The van der Waals surface area contributed by atoms with Crippen LogP contribution in [0.25, 0.3) is 0 Å². The lowest BCUT2D eigenvalue weighted by Gasteiger charge is -2.08. The van der Waals surface area contributed by atoms with E-state index in [4.69, 9.17) is 4.74 Å². The summed E-state index contributed by atoms with van der Waals surface area (Å²) in [5, 5.41) is 0. The van der Waals surface area contributed by atoms with Crippen molar-refractivity contribution < 1.29 is 14.3 Å². The maximum Gasteiger partial charge on any atom is 0.305 e. The van der Waals surface area contributed by atoms with Gasteiger partial charge in [0.25, 0.3) is 0 Å². The van der Waals surface area contributed by atoms with E-state index in [2.05, 4.69) is 32.8 Å². The van der Waals surface area contributed by atoms with Crippen LogP contribution in [0.5, 0.6) is 5.75 Å². The number of methoxy groups -OCH3 is 1. The van der Waals surface area contributed by atoms with E-state index in [0.717, 1.165) is 31.4 Å². The van der Waals surface area contributed by atoms with E-state index in [0.29, 0.717) is 13.0 Å². The fourth-order valence-corrected chi connectivity index (χ4v) is 2.97. The van der Waals surface area contributed by atoms with E-state index in [1.54, 1.807) is 0 Å². The van der Waals surface area contributed by atoms with Crippen LogP contribution in [0.2, 0.25) is 0 Å². The minimum atomic E-state index is -0.148. The molecule has 0 saturated heterocycles. The summed E-state index contributed by atoms with van der Waals surface area (Å²) >= 11 is 3.60. The number of allylic oxidation sites excluding steroid dienone is 1. The Bertz CT molecular complexity index is 505. The molecule has 2 rings (SSSR count). The first-order valence-electron chi connectivity index (χ1n) is 7.34. The summed E-state index contributed by atoms with van der Waals surface area (Å²) in [7, 11) is 1.42. The monoisotopic (exact) mass is 352 g/mol. The van der Waals surface area contributed by atoms with E-state index in [1.165, 1.54) is 29.1 Å². The Morgan fingerprint density at radius 3 is 2.62 bits per heavy atom. The minimum Gasteiger partial charge on any atom is -0.489 e. The lowest BCUT2D eigenvalue weighted by Crippen LogP contribution is -2.01. The molecule has 0 fully saturated rings. The zero-order valence-corrected chi connectivity index (χ0v) is 13.9. The second-order valence-corrected chi connectivity index (χ2v) is 6.18. The smallest absolute Gasteiger partial charge is 0.305 e. The van der Waals surface area contributed by atoms with Gasteiger partial charge in [0.1, 0.15) is 12.4 Å². The van der Waals surface area contributed by atoms with Crippen LogP contribution in [0.1, 0.15) is 37.7 Å². The molecule has 0 amide bonds. The van der Waals surface area contributed by atoms with Crippen molar-refractivity contribution >= 4 is 21.9 Å². The van der Waals surface area contributed by atoms with Crippen LogP contribution >= 0.6 is 15.9 Å². The molecule has 0 atom stereocenters. The third kappa shape index (κ3) is 5.20. The number of hydrogen-bond donors (Lipinski definition) is 0. The van der Waals surface area contributed by atoms with Gasteiger partial charge in [0.15, 0.2) is 0 Å². The number of benzene rings is 1. The normalized spacial score (nSPS) is 14.4. The van der Waals surface area contributed by atoms with Crippen molar-refractivity contribution in [2.75, 3.05) is 13.7 Å². The Hall–Kier alpha value is -1.29. The number of aryl methyl sites for hydroxylation is 1. The van der Waals surface area contributed by atoms with Crippen LogP contribution in [0.3, 0.4) is 0 Å². The van der Waals surface area contributed by atoms with Gasteiger partial charge in [0.05, 0.1) is 7.11 Å².